The van der Waals surface area contributed by atoms with Crippen molar-refractivity contribution in [3.8, 4) is 23.0 Å². The molecule has 0 aliphatic carbocycles. The van der Waals surface area contributed by atoms with E-state index in [0.29, 0.717) is 42.4 Å². The average Bonchev–Trinajstić information content (AvgIpc) is 2.77. The molecule has 7 nitrogen and oxygen atoms in total. The number of halogens is 1. The van der Waals surface area contributed by atoms with E-state index in [1.165, 1.54) is 6.92 Å². The van der Waals surface area contributed by atoms with Crippen LogP contribution in [-0.4, -0.2) is 48.0 Å². The second-order valence-electron chi connectivity index (χ2n) is 6.87. The summed E-state index contributed by atoms with van der Waals surface area (Å²) in [6, 6.07) is 7.69. The van der Waals surface area contributed by atoms with Gasteiger partial charge in [-0.25, -0.2) is 0 Å². The Morgan fingerprint density at radius 3 is 1.90 bits per heavy atom. The molecular formula is C23H30BrNO6. The zero-order valence-electron chi connectivity index (χ0n) is 18.8. The van der Waals surface area contributed by atoms with Gasteiger partial charge in [-0.05, 0) is 47.4 Å². The molecule has 0 aliphatic rings. The Hall–Kier alpha value is -2.45. The number of amides is 1. The van der Waals surface area contributed by atoms with Gasteiger partial charge >= 0.3 is 0 Å². The van der Waals surface area contributed by atoms with Crippen molar-refractivity contribution < 1.29 is 28.5 Å². The van der Waals surface area contributed by atoms with Gasteiger partial charge in [-0.15, -0.1) is 0 Å². The molecule has 0 aliphatic heterocycles. The summed E-state index contributed by atoms with van der Waals surface area (Å²) >= 11 is 3.63. The molecule has 1 unspecified atom stereocenters. The second-order valence-corrected chi connectivity index (χ2v) is 7.72. The van der Waals surface area contributed by atoms with Crippen molar-refractivity contribution in [2.24, 2.45) is 0 Å². The smallest absolute Gasteiger partial charge is 0.216 e. The number of ether oxygens (including phenoxy) is 5. The molecule has 8 heteroatoms. The molecule has 0 bridgehead atoms. The summed E-state index contributed by atoms with van der Waals surface area (Å²) in [5.41, 5.74) is 2.98. The van der Waals surface area contributed by atoms with Crippen LogP contribution in [0.5, 0.6) is 23.0 Å². The lowest BCUT2D eigenvalue weighted by Gasteiger charge is -2.23. The average molecular weight is 496 g/mol. The summed E-state index contributed by atoms with van der Waals surface area (Å²) in [5, 5.41) is 2.84. The Kier molecular flexibility index (Phi) is 9.45. The van der Waals surface area contributed by atoms with Crippen molar-refractivity contribution >= 4 is 21.8 Å². The van der Waals surface area contributed by atoms with Crippen LogP contribution in [0.2, 0.25) is 0 Å². The van der Waals surface area contributed by atoms with E-state index in [0.717, 1.165) is 21.2 Å². The Balaban J connectivity index is 2.46. The fourth-order valence-corrected chi connectivity index (χ4v) is 3.88. The first-order valence-electron chi connectivity index (χ1n) is 9.80. The molecule has 1 atom stereocenters. The SMILES string of the molecule is COc1cc(Br)c(CC(OC)c2cc(OC)c(OC)cc2CCNC(C)=O)cc1OC. The molecule has 0 spiro atoms. The highest BCUT2D eigenvalue weighted by Gasteiger charge is 2.21. The number of benzene rings is 2. The Morgan fingerprint density at radius 1 is 0.871 bits per heavy atom. The summed E-state index contributed by atoms with van der Waals surface area (Å²) in [6.07, 6.45) is 0.948. The van der Waals surface area contributed by atoms with Crippen molar-refractivity contribution in [3.05, 3.63) is 45.4 Å². The fourth-order valence-electron chi connectivity index (χ4n) is 3.40. The predicted molar refractivity (Wildman–Crippen MR) is 123 cm³/mol. The normalized spacial score (nSPS) is 11.6. The van der Waals surface area contributed by atoms with Crippen molar-refractivity contribution in [1.29, 1.82) is 0 Å². The minimum atomic E-state index is -0.262. The summed E-state index contributed by atoms with van der Waals surface area (Å²) in [7, 11) is 8.09. The van der Waals surface area contributed by atoms with Crippen molar-refractivity contribution in [1.82, 2.24) is 5.32 Å². The quantitative estimate of drug-likeness (QED) is 0.505. The van der Waals surface area contributed by atoms with Crippen LogP contribution < -0.4 is 24.3 Å². The molecule has 170 valence electrons. The minimum absolute atomic E-state index is 0.0698. The molecule has 0 saturated heterocycles. The van der Waals surface area contributed by atoms with Gasteiger partial charge in [-0.1, -0.05) is 15.9 Å². The highest BCUT2D eigenvalue weighted by Crippen LogP contribution is 2.39. The summed E-state index contributed by atoms with van der Waals surface area (Å²) in [5.74, 6) is 2.47. The first kappa shape index (κ1) is 24.8. The van der Waals surface area contributed by atoms with E-state index in [-0.39, 0.29) is 12.0 Å². The van der Waals surface area contributed by atoms with Crippen molar-refractivity contribution in [3.63, 3.8) is 0 Å². The maximum absolute atomic E-state index is 11.3. The molecule has 31 heavy (non-hydrogen) atoms. The van der Waals surface area contributed by atoms with Gasteiger partial charge in [0, 0.05) is 31.5 Å². The zero-order valence-corrected chi connectivity index (χ0v) is 20.4. The van der Waals surface area contributed by atoms with E-state index in [1.54, 1.807) is 35.5 Å². The number of methoxy groups -OCH3 is 5. The minimum Gasteiger partial charge on any atom is -0.493 e. The molecule has 0 aromatic heterocycles. The summed E-state index contributed by atoms with van der Waals surface area (Å²) < 4.78 is 28.6. The third kappa shape index (κ3) is 6.27. The third-order valence-corrected chi connectivity index (χ3v) is 5.74. The maximum Gasteiger partial charge on any atom is 0.216 e. The molecule has 1 amide bonds. The highest BCUT2D eigenvalue weighted by atomic mass is 79.9. The molecule has 1 N–H and O–H groups in total. The maximum atomic E-state index is 11.3. The van der Waals surface area contributed by atoms with Crippen LogP contribution in [0.3, 0.4) is 0 Å². The van der Waals surface area contributed by atoms with Gasteiger partial charge in [0.2, 0.25) is 5.91 Å². The molecule has 2 aromatic rings. The second kappa shape index (κ2) is 11.8. The van der Waals surface area contributed by atoms with Crippen LogP contribution in [-0.2, 0) is 22.4 Å². The molecule has 2 rings (SSSR count). The van der Waals surface area contributed by atoms with Gasteiger partial charge in [-0.2, -0.15) is 0 Å². The molecule has 0 saturated carbocycles. The molecule has 0 heterocycles. The van der Waals surface area contributed by atoms with E-state index in [4.69, 9.17) is 23.7 Å². The number of rotatable bonds is 11. The Bertz CT molecular complexity index is 902. The summed E-state index contributed by atoms with van der Waals surface area (Å²) in [6.45, 7) is 2.01. The third-order valence-electron chi connectivity index (χ3n) is 5.00. The van der Waals surface area contributed by atoms with Crippen LogP contribution >= 0.6 is 15.9 Å². The first-order chi connectivity index (χ1) is 14.9. The number of nitrogens with one attached hydrogen (secondary N) is 1. The predicted octanol–water partition coefficient (Wildman–Crippen LogP) is 4.09. The van der Waals surface area contributed by atoms with Crippen LogP contribution in [0, 0.1) is 0 Å². The van der Waals surface area contributed by atoms with Gasteiger partial charge in [-0.3, -0.25) is 4.79 Å². The van der Waals surface area contributed by atoms with Crippen molar-refractivity contribution in [2.45, 2.75) is 25.9 Å². The van der Waals surface area contributed by atoms with E-state index in [9.17, 15) is 4.79 Å². The first-order valence-corrected chi connectivity index (χ1v) is 10.6. The zero-order chi connectivity index (χ0) is 23.0. The lowest BCUT2D eigenvalue weighted by molar-refractivity contribution is -0.118. The molecule has 0 fully saturated rings. The largest absolute Gasteiger partial charge is 0.493 e. The standard InChI is InChI=1S/C23H30BrNO6/c1-14(26)25-8-7-15-9-20(28-3)22(30-5)12-17(15)19(27-2)10-16-11-21(29-4)23(31-6)13-18(16)24/h9,11-13,19H,7-8,10H2,1-6H3,(H,25,26). The van der Waals surface area contributed by atoms with Gasteiger partial charge in [0.25, 0.3) is 0 Å². The van der Waals surface area contributed by atoms with Crippen LogP contribution in [0.25, 0.3) is 0 Å². The monoisotopic (exact) mass is 495 g/mol. The number of hydrogen-bond donors (Lipinski definition) is 1. The number of carbonyl (C=O) groups excluding carboxylic acids is 1. The van der Waals surface area contributed by atoms with Crippen LogP contribution in [0.1, 0.15) is 29.7 Å². The Morgan fingerprint density at radius 2 is 1.39 bits per heavy atom. The number of hydrogen-bond acceptors (Lipinski definition) is 6. The van der Waals surface area contributed by atoms with Crippen LogP contribution in [0.15, 0.2) is 28.7 Å². The number of carbonyl (C=O) groups is 1. The molecular weight excluding hydrogens is 466 g/mol. The van der Waals surface area contributed by atoms with Crippen LogP contribution in [0.4, 0.5) is 0 Å². The van der Waals surface area contributed by atoms with E-state index < -0.39 is 0 Å². The van der Waals surface area contributed by atoms with E-state index in [2.05, 4.69) is 21.2 Å². The fraction of sp³-hybridized carbons (Fsp3) is 0.435. The van der Waals surface area contributed by atoms with Gasteiger partial charge in [0.1, 0.15) is 0 Å². The summed E-state index contributed by atoms with van der Waals surface area (Å²) in [4.78, 5) is 11.3. The molecule has 2 aromatic carbocycles. The van der Waals surface area contributed by atoms with Gasteiger partial charge in [0.05, 0.1) is 34.5 Å². The van der Waals surface area contributed by atoms with E-state index >= 15 is 0 Å². The van der Waals surface area contributed by atoms with Gasteiger partial charge in [0.15, 0.2) is 23.0 Å². The van der Waals surface area contributed by atoms with Gasteiger partial charge < -0.3 is 29.0 Å². The topological polar surface area (TPSA) is 75.3 Å². The molecule has 0 radical (unpaired) electrons. The Labute approximate surface area is 192 Å². The highest BCUT2D eigenvalue weighted by molar-refractivity contribution is 9.10. The van der Waals surface area contributed by atoms with Crippen molar-refractivity contribution in [2.75, 3.05) is 42.1 Å². The lowest BCUT2D eigenvalue weighted by atomic mass is 9.94. The lowest BCUT2D eigenvalue weighted by Crippen LogP contribution is -2.23. The van der Waals surface area contributed by atoms with E-state index in [1.807, 2.05) is 24.3 Å².